The topological polar surface area (TPSA) is 60.9 Å². The molecule has 1 atom stereocenters. The summed E-state index contributed by atoms with van der Waals surface area (Å²) in [5.74, 6) is 0.717. The Labute approximate surface area is 117 Å². The molecule has 1 aromatic heterocycles. The Morgan fingerprint density at radius 2 is 2.16 bits per heavy atom. The molecule has 1 aromatic carbocycles. The van der Waals surface area contributed by atoms with Crippen LogP contribution in [0.2, 0.25) is 0 Å². The van der Waals surface area contributed by atoms with Gasteiger partial charge in [0.2, 0.25) is 0 Å². The van der Waals surface area contributed by atoms with Gasteiger partial charge in [0.1, 0.15) is 0 Å². The smallest absolute Gasteiger partial charge is 0.165 e. The molecule has 0 aliphatic rings. The molecule has 0 saturated heterocycles. The van der Waals surface area contributed by atoms with Crippen LogP contribution < -0.4 is 5.32 Å². The van der Waals surface area contributed by atoms with Crippen LogP contribution >= 0.6 is 11.8 Å². The van der Waals surface area contributed by atoms with Crippen molar-refractivity contribution in [3.63, 3.8) is 0 Å². The van der Waals surface area contributed by atoms with E-state index >= 15 is 0 Å². The molecule has 5 heteroatoms. The Morgan fingerprint density at radius 3 is 2.74 bits per heavy atom. The first kappa shape index (κ1) is 14.1. The molecule has 2 aromatic rings. The van der Waals surface area contributed by atoms with Crippen molar-refractivity contribution >= 4 is 11.8 Å². The molecule has 0 saturated carbocycles. The number of aliphatic hydroxyl groups is 1. The molecule has 0 aliphatic carbocycles. The van der Waals surface area contributed by atoms with E-state index in [1.54, 1.807) is 24.2 Å². The number of nitrogens with zero attached hydrogens (tertiary/aromatic N) is 1. The summed E-state index contributed by atoms with van der Waals surface area (Å²) >= 11 is 1.60. The van der Waals surface area contributed by atoms with Crippen molar-refractivity contribution in [1.82, 2.24) is 15.3 Å². The zero-order valence-electron chi connectivity index (χ0n) is 11.0. The lowest BCUT2D eigenvalue weighted by molar-refractivity contribution is 0.181. The zero-order valence-corrected chi connectivity index (χ0v) is 11.8. The third-order valence-electron chi connectivity index (χ3n) is 3.04. The van der Waals surface area contributed by atoms with Gasteiger partial charge in [-0.05, 0) is 12.1 Å². The molecule has 0 aliphatic heterocycles. The number of aliphatic hydroxyl groups excluding tert-OH is 1. The standard InChI is InChI=1S/C14H19N3OS/c1-2-17-14(10-18,12-6-4-3-5-7-12)11-19-13-15-8-9-16-13/h3-9,17-18H,2,10-11H2,1H3,(H,15,16). The van der Waals surface area contributed by atoms with Crippen LogP contribution in [-0.2, 0) is 5.54 Å². The lowest BCUT2D eigenvalue weighted by Gasteiger charge is -2.33. The largest absolute Gasteiger partial charge is 0.394 e. The maximum Gasteiger partial charge on any atom is 0.165 e. The van der Waals surface area contributed by atoms with E-state index in [0.29, 0.717) is 0 Å². The molecule has 3 N–H and O–H groups in total. The number of rotatable bonds is 7. The van der Waals surface area contributed by atoms with Crippen molar-refractivity contribution in [2.75, 3.05) is 18.9 Å². The van der Waals surface area contributed by atoms with Gasteiger partial charge in [-0.3, -0.25) is 0 Å². The fourth-order valence-electron chi connectivity index (χ4n) is 2.05. The van der Waals surface area contributed by atoms with E-state index < -0.39 is 5.54 Å². The van der Waals surface area contributed by atoms with Crippen LogP contribution in [-0.4, -0.2) is 34.0 Å². The van der Waals surface area contributed by atoms with Crippen molar-refractivity contribution < 1.29 is 5.11 Å². The van der Waals surface area contributed by atoms with Gasteiger partial charge in [-0.15, -0.1) is 0 Å². The highest BCUT2D eigenvalue weighted by Gasteiger charge is 2.30. The van der Waals surface area contributed by atoms with Gasteiger partial charge in [0.25, 0.3) is 0 Å². The minimum absolute atomic E-state index is 0.0541. The molecule has 0 radical (unpaired) electrons. The molecule has 1 unspecified atom stereocenters. The molecule has 102 valence electrons. The number of likely N-dealkylation sites (N-methyl/N-ethyl adjacent to an activating group) is 1. The molecule has 4 nitrogen and oxygen atoms in total. The number of aromatic amines is 1. The van der Waals surface area contributed by atoms with Crippen molar-refractivity contribution in [3.8, 4) is 0 Å². The average Bonchev–Trinajstić information content (AvgIpc) is 2.98. The summed E-state index contributed by atoms with van der Waals surface area (Å²) in [7, 11) is 0. The highest BCUT2D eigenvalue weighted by molar-refractivity contribution is 7.99. The van der Waals surface area contributed by atoms with Gasteiger partial charge >= 0.3 is 0 Å². The number of hydrogen-bond acceptors (Lipinski definition) is 4. The number of hydrogen-bond donors (Lipinski definition) is 3. The minimum Gasteiger partial charge on any atom is -0.394 e. The lowest BCUT2D eigenvalue weighted by atomic mass is 9.92. The molecule has 0 amide bonds. The molecule has 19 heavy (non-hydrogen) atoms. The second kappa shape index (κ2) is 6.75. The molecule has 0 spiro atoms. The normalized spacial score (nSPS) is 14.2. The lowest BCUT2D eigenvalue weighted by Crippen LogP contribution is -2.47. The van der Waals surface area contributed by atoms with Crippen LogP contribution in [0.25, 0.3) is 0 Å². The third-order valence-corrected chi connectivity index (χ3v) is 4.17. The van der Waals surface area contributed by atoms with E-state index in [0.717, 1.165) is 23.0 Å². The maximum atomic E-state index is 9.88. The van der Waals surface area contributed by atoms with E-state index in [9.17, 15) is 5.11 Å². The molecule has 0 fully saturated rings. The first-order chi connectivity index (χ1) is 9.30. The monoisotopic (exact) mass is 277 g/mol. The summed E-state index contributed by atoms with van der Waals surface area (Å²) in [6.07, 6.45) is 3.54. The third kappa shape index (κ3) is 3.37. The van der Waals surface area contributed by atoms with Gasteiger partial charge in [0.05, 0.1) is 12.1 Å². The van der Waals surface area contributed by atoms with Crippen LogP contribution in [0.1, 0.15) is 12.5 Å². The number of thioether (sulfide) groups is 1. The van der Waals surface area contributed by atoms with E-state index in [1.807, 2.05) is 37.3 Å². The molecular formula is C14H19N3OS. The number of nitrogens with one attached hydrogen (secondary N) is 2. The highest BCUT2D eigenvalue weighted by Crippen LogP contribution is 2.28. The first-order valence-corrected chi connectivity index (χ1v) is 7.33. The Morgan fingerprint density at radius 1 is 1.37 bits per heavy atom. The predicted octanol–water partition coefficient (Wildman–Crippen LogP) is 2.00. The van der Waals surface area contributed by atoms with Crippen molar-refractivity contribution in [2.24, 2.45) is 0 Å². The second-order valence-corrected chi connectivity index (χ2v) is 5.28. The second-order valence-electron chi connectivity index (χ2n) is 4.32. The number of H-pyrrole nitrogens is 1. The van der Waals surface area contributed by atoms with Gasteiger partial charge in [-0.25, -0.2) is 4.98 Å². The van der Waals surface area contributed by atoms with Crippen molar-refractivity contribution in [2.45, 2.75) is 17.6 Å². The molecular weight excluding hydrogens is 258 g/mol. The van der Waals surface area contributed by atoms with Gasteiger partial charge in [0.15, 0.2) is 5.16 Å². The highest BCUT2D eigenvalue weighted by atomic mass is 32.2. The summed E-state index contributed by atoms with van der Waals surface area (Å²) in [5.41, 5.74) is 0.659. The van der Waals surface area contributed by atoms with E-state index in [-0.39, 0.29) is 6.61 Å². The zero-order chi connectivity index (χ0) is 13.6. The molecule has 2 rings (SSSR count). The van der Waals surface area contributed by atoms with Gasteiger partial charge < -0.3 is 15.4 Å². The maximum absolute atomic E-state index is 9.88. The van der Waals surface area contributed by atoms with Crippen molar-refractivity contribution in [1.29, 1.82) is 0 Å². The van der Waals surface area contributed by atoms with Crippen molar-refractivity contribution in [3.05, 3.63) is 48.3 Å². The number of imidazole rings is 1. The molecule has 1 heterocycles. The van der Waals surface area contributed by atoms with Crippen LogP contribution in [0.15, 0.2) is 47.9 Å². The minimum atomic E-state index is -0.437. The number of benzene rings is 1. The fourth-order valence-corrected chi connectivity index (χ4v) is 3.08. The Hall–Kier alpha value is -1.30. The fraction of sp³-hybridized carbons (Fsp3) is 0.357. The van der Waals surface area contributed by atoms with Crippen LogP contribution in [0.5, 0.6) is 0 Å². The van der Waals surface area contributed by atoms with Crippen LogP contribution in [0, 0.1) is 0 Å². The summed E-state index contributed by atoms with van der Waals surface area (Å²) in [4.78, 5) is 7.28. The quantitative estimate of drug-likeness (QED) is 0.677. The van der Waals surface area contributed by atoms with Crippen LogP contribution in [0.4, 0.5) is 0 Å². The van der Waals surface area contributed by atoms with Gasteiger partial charge in [-0.1, -0.05) is 49.0 Å². The number of aromatic nitrogens is 2. The summed E-state index contributed by atoms with van der Waals surface area (Å²) < 4.78 is 0. The Bertz CT molecular complexity index is 475. The van der Waals surface area contributed by atoms with Gasteiger partial charge in [0, 0.05) is 18.1 Å². The van der Waals surface area contributed by atoms with Gasteiger partial charge in [-0.2, -0.15) is 0 Å². The van der Waals surface area contributed by atoms with E-state index in [1.165, 1.54) is 0 Å². The summed E-state index contributed by atoms with van der Waals surface area (Å²) in [5, 5.41) is 14.2. The van der Waals surface area contributed by atoms with E-state index in [4.69, 9.17) is 0 Å². The summed E-state index contributed by atoms with van der Waals surface area (Å²) in [6, 6.07) is 10.1. The van der Waals surface area contributed by atoms with E-state index in [2.05, 4.69) is 15.3 Å². The average molecular weight is 277 g/mol. The molecule has 0 bridgehead atoms. The SMILES string of the molecule is CCNC(CO)(CSc1ncc[nH]1)c1ccccc1. The predicted molar refractivity (Wildman–Crippen MR) is 78.2 cm³/mol. The van der Waals surface area contributed by atoms with Crippen LogP contribution in [0.3, 0.4) is 0 Å². The summed E-state index contributed by atoms with van der Waals surface area (Å²) in [6.45, 7) is 2.90. The Kier molecular flexibility index (Phi) is 5.01. The first-order valence-electron chi connectivity index (χ1n) is 6.34. The Balaban J connectivity index is 2.18.